The van der Waals surface area contributed by atoms with Crippen molar-refractivity contribution in [2.24, 2.45) is 0 Å². The normalized spacial score (nSPS) is 21.2. The monoisotopic (exact) mass is 475 g/mol. The number of carbonyl (C=O) groups excluding carboxylic acids is 1. The lowest BCUT2D eigenvalue weighted by molar-refractivity contribution is -0.137. The smallest absolute Gasteiger partial charge is 0.293 e. The Kier molecular flexibility index (Phi) is 5.92. The quantitative estimate of drug-likeness (QED) is 0.444. The summed E-state index contributed by atoms with van der Waals surface area (Å²) >= 11 is 6.09. The summed E-state index contributed by atoms with van der Waals surface area (Å²) in [5.74, 6) is 0.858. The number of rotatable bonds is 4. The maximum Gasteiger partial charge on any atom is 0.293 e. The highest BCUT2D eigenvalue weighted by Crippen LogP contribution is 2.40. The first-order valence-electron chi connectivity index (χ1n) is 11.3. The third-order valence-electron chi connectivity index (χ3n) is 6.28. The second-order valence-corrected chi connectivity index (χ2v) is 9.01. The zero-order chi connectivity index (χ0) is 23.8. The summed E-state index contributed by atoms with van der Waals surface area (Å²) in [6, 6.07) is 13.5. The third-order valence-corrected chi connectivity index (χ3v) is 6.53. The van der Waals surface area contributed by atoms with Gasteiger partial charge in [0, 0.05) is 11.2 Å². The van der Waals surface area contributed by atoms with Crippen LogP contribution < -0.4 is 4.74 Å². The van der Waals surface area contributed by atoms with Crippen LogP contribution in [0.3, 0.4) is 0 Å². The number of fused-ring (bicyclic) bond motifs is 1. The minimum Gasteiger partial charge on any atom is -0.495 e. The molecule has 2 aromatic carbocycles. The fourth-order valence-corrected chi connectivity index (χ4v) is 4.76. The molecular weight excluding hydrogens is 450 g/mol. The van der Waals surface area contributed by atoms with E-state index in [-0.39, 0.29) is 18.1 Å². The van der Waals surface area contributed by atoms with Crippen LogP contribution in [-0.2, 0) is 9.53 Å². The van der Waals surface area contributed by atoms with E-state index < -0.39 is 0 Å². The lowest BCUT2D eigenvalue weighted by atomic mass is 9.93. The van der Waals surface area contributed by atoms with Crippen LogP contribution in [-0.4, -0.2) is 33.6 Å². The van der Waals surface area contributed by atoms with Gasteiger partial charge in [-0.2, -0.15) is 0 Å². The van der Waals surface area contributed by atoms with Crippen LogP contribution in [0.1, 0.15) is 42.6 Å². The van der Waals surface area contributed by atoms with Gasteiger partial charge in [0.05, 0.1) is 36.6 Å². The number of imidazole rings is 1. The number of halogens is 1. The van der Waals surface area contributed by atoms with Gasteiger partial charge in [-0.25, -0.2) is 4.98 Å². The Morgan fingerprint density at radius 1 is 1.21 bits per heavy atom. The van der Waals surface area contributed by atoms with Gasteiger partial charge in [-0.1, -0.05) is 35.9 Å². The molecule has 3 heterocycles. The number of hydrogen-bond donors (Lipinski definition) is 0. The van der Waals surface area contributed by atoms with E-state index in [9.17, 15) is 4.79 Å². The molecule has 1 amide bonds. The first-order chi connectivity index (χ1) is 16.4. The predicted octanol–water partition coefficient (Wildman–Crippen LogP) is 5.85. The van der Waals surface area contributed by atoms with Gasteiger partial charge in [0.2, 0.25) is 0 Å². The van der Waals surface area contributed by atoms with Crippen molar-refractivity contribution in [3.63, 3.8) is 0 Å². The summed E-state index contributed by atoms with van der Waals surface area (Å²) < 4.78 is 13.6. The number of amides is 1. The van der Waals surface area contributed by atoms with Crippen LogP contribution in [0.4, 0.5) is 0 Å². The van der Waals surface area contributed by atoms with Crippen molar-refractivity contribution in [2.75, 3.05) is 7.11 Å². The Balaban J connectivity index is 1.49. The molecule has 1 aromatic heterocycles. The summed E-state index contributed by atoms with van der Waals surface area (Å²) in [5, 5.41) is 0.681. The zero-order valence-electron chi connectivity index (χ0n) is 19.4. The molecule has 0 bridgehead atoms. The molecule has 0 unspecified atom stereocenters. The predicted molar refractivity (Wildman–Crippen MR) is 132 cm³/mol. The molecule has 0 N–H and O–H groups in total. The van der Waals surface area contributed by atoms with Crippen molar-refractivity contribution < 1.29 is 14.3 Å². The maximum absolute atomic E-state index is 13.6. The molecule has 1 fully saturated rings. The maximum atomic E-state index is 13.6. The molecule has 1 saturated heterocycles. The Hall–Kier alpha value is -3.51. The van der Waals surface area contributed by atoms with Gasteiger partial charge in [-0.05, 0) is 68.2 Å². The molecule has 0 saturated carbocycles. The average molecular weight is 476 g/mol. The SMILES string of the molecule is COc1cc(C=C2O[C@@H](C)C3=CCC[C@H](c4ccc(Cl)cc4)N3C2=O)ccc1-n1cnc(C)c1. The lowest BCUT2D eigenvalue weighted by Gasteiger charge is -2.43. The highest BCUT2D eigenvalue weighted by Gasteiger charge is 2.40. The van der Waals surface area contributed by atoms with Gasteiger partial charge in [0.1, 0.15) is 11.9 Å². The van der Waals surface area contributed by atoms with Crippen molar-refractivity contribution in [1.82, 2.24) is 14.5 Å². The summed E-state index contributed by atoms with van der Waals surface area (Å²) in [7, 11) is 1.63. The molecular formula is C27H26ClN3O3. The molecule has 2 aliphatic rings. The zero-order valence-corrected chi connectivity index (χ0v) is 20.1. The van der Waals surface area contributed by atoms with E-state index in [0.717, 1.165) is 41.0 Å². The molecule has 0 aliphatic carbocycles. The van der Waals surface area contributed by atoms with Gasteiger partial charge in [0.15, 0.2) is 5.76 Å². The average Bonchev–Trinajstić information content (AvgIpc) is 3.28. The van der Waals surface area contributed by atoms with Crippen molar-refractivity contribution in [1.29, 1.82) is 0 Å². The number of ether oxygens (including phenoxy) is 2. The molecule has 6 nitrogen and oxygen atoms in total. The molecule has 7 heteroatoms. The fraction of sp³-hybridized carbons (Fsp3) is 0.259. The number of aryl methyl sites for hydroxylation is 1. The fourth-order valence-electron chi connectivity index (χ4n) is 4.64. The summed E-state index contributed by atoms with van der Waals surface area (Å²) in [4.78, 5) is 19.8. The van der Waals surface area contributed by atoms with Crippen LogP contribution in [0, 0.1) is 6.92 Å². The molecule has 2 atom stereocenters. The van der Waals surface area contributed by atoms with Gasteiger partial charge >= 0.3 is 0 Å². The highest BCUT2D eigenvalue weighted by molar-refractivity contribution is 6.30. The summed E-state index contributed by atoms with van der Waals surface area (Å²) in [5.41, 5.74) is 4.60. The van der Waals surface area contributed by atoms with Crippen LogP contribution in [0.2, 0.25) is 5.02 Å². The van der Waals surface area contributed by atoms with E-state index in [4.69, 9.17) is 21.1 Å². The molecule has 3 aromatic rings. The molecule has 0 radical (unpaired) electrons. The van der Waals surface area contributed by atoms with Crippen LogP contribution in [0.5, 0.6) is 5.75 Å². The number of benzene rings is 2. The van der Waals surface area contributed by atoms with Gasteiger partial charge in [0.25, 0.3) is 5.91 Å². The van der Waals surface area contributed by atoms with Crippen molar-refractivity contribution in [2.45, 2.75) is 38.8 Å². The van der Waals surface area contributed by atoms with Crippen molar-refractivity contribution >= 4 is 23.6 Å². The van der Waals surface area contributed by atoms with Crippen LogP contribution >= 0.6 is 11.6 Å². The summed E-state index contributed by atoms with van der Waals surface area (Å²) in [6.45, 7) is 3.92. The van der Waals surface area contributed by atoms with E-state index in [1.54, 1.807) is 19.5 Å². The van der Waals surface area contributed by atoms with Gasteiger partial charge in [-0.15, -0.1) is 0 Å². The van der Waals surface area contributed by atoms with E-state index in [2.05, 4.69) is 11.1 Å². The Bertz CT molecular complexity index is 1290. The van der Waals surface area contributed by atoms with Crippen molar-refractivity contribution in [3.05, 3.63) is 94.4 Å². The van der Waals surface area contributed by atoms with Crippen molar-refractivity contribution in [3.8, 4) is 11.4 Å². The standard InChI is InChI=1S/C27H26ClN3O3/c1-17-15-30(16-29-17)24-12-7-19(13-25(24)33-3)14-26-27(32)31-22(18(2)34-26)5-4-6-23(31)20-8-10-21(28)11-9-20/h5,7-16,18,23H,4,6H2,1-3H3/t18-,23+/m0/s1. The second-order valence-electron chi connectivity index (χ2n) is 8.57. The number of morpholine rings is 1. The minimum atomic E-state index is -0.228. The molecule has 34 heavy (non-hydrogen) atoms. The molecule has 0 spiro atoms. The number of carbonyl (C=O) groups is 1. The largest absolute Gasteiger partial charge is 0.495 e. The molecule has 2 aliphatic heterocycles. The first kappa shape index (κ1) is 22.3. The minimum absolute atomic E-state index is 0.0547. The first-order valence-corrected chi connectivity index (χ1v) is 11.7. The van der Waals surface area contributed by atoms with Crippen LogP contribution in [0.25, 0.3) is 11.8 Å². The van der Waals surface area contributed by atoms with Crippen LogP contribution in [0.15, 0.2) is 72.5 Å². The van der Waals surface area contributed by atoms with E-state index >= 15 is 0 Å². The van der Waals surface area contributed by atoms with Gasteiger partial charge in [-0.3, -0.25) is 9.69 Å². The Morgan fingerprint density at radius 2 is 2.00 bits per heavy atom. The third kappa shape index (κ3) is 4.10. The number of hydrogen-bond acceptors (Lipinski definition) is 4. The second kappa shape index (κ2) is 9.03. The number of nitrogens with zero attached hydrogens (tertiary/aromatic N) is 3. The van der Waals surface area contributed by atoms with E-state index in [1.807, 2.05) is 72.0 Å². The van der Waals surface area contributed by atoms with E-state index in [0.29, 0.717) is 16.5 Å². The highest BCUT2D eigenvalue weighted by atomic mass is 35.5. The Morgan fingerprint density at radius 3 is 2.71 bits per heavy atom. The molecule has 5 rings (SSSR count). The number of allylic oxidation sites excluding steroid dienone is 1. The Labute approximate surface area is 204 Å². The molecule has 174 valence electrons. The topological polar surface area (TPSA) is 56.6 Å². The van der Waals surface area contributed by atoms with Gasteiger partial charge < -0.3 is 14.0 Å². The lowest BCUT2D eigenvalue weighted by Crippen LogP contribution is -2.45. The number of methoxy groups -OCH3 is 1. The number of aromatic nitrogens is 2. The van der Waals surface area contributed by atoms with E-state index in [1.165, 1.54) is 0 Å². The summed E-state index contributed by atoms with van der Waals surface area (Å²) in [6.07, 6.45) is 9.10.